The number of benzene rings is 2. The van der Waals surface area contributed by atoms with Crippen LogP contribution >= 0.6 is 0 Å². The smallest absolute Gasteiger partial charge is 0.237 e. The van der Waals surface area contributed by atoms with E-state index in [1.54, 1.807) is 12.1 Å². The fourth-order valence-corrected chi connectivity index (χ4v) is 3.65. The van der Waals surface area contributed by atoms with Gasteiger partial charge in [0.1, 0.15) is 5.82 Å². The first-order valence-electron chi connectivity index (χ1n) is 11.6. The number of hydrogen-bond donors (Lipinski definition) is 2. The van der Waals surface area contributed by atoms with Gasteiger partial charge in [0.15, 0.2) is 0 Å². The van der Waals surface area contributed by atoms with Crippen LogP contribution in [0.4, 0.5) is 4.39 Å². The lowest BCUT2D eigenvalue weighted by atomic mass is 10.1. The molecule has 2 aromatic carbocycles. The Labute approximate surface area is 190 Å². The molecule has 0 spiro atoms. The van der Waals surface area contributed by atoms with Gasteiger partial charge in [-0.3, -0.25) is 4.79 Å². The summed E-state index contributed by atoms with van der Waals surface area (Å²) in [6.45, 7) is 3.77. The average molecular weight is 437 g/mol. The van der Waals surface area contributed by atoms with Crippen LogP contribution in [0.25, 0.3) is 0 Å². The first-order chi connectivity index (χ1) is 15.6. The van der Waals surface area contributed by atoms with Crippen molar-refractivity contribution in [3.63, 3.8) is 0 Å². The number of unbranched alkanes of at least 4 members (excludes halogenated alkanes) is 4. The lowest BCUT2D eigenvalue weighted by Crippen LogP contribution is -2.39. The summed E-state index contributed by atoms with van der Waals surface area (Å²) < 4.78 is 19.0. The number of carbonyl (C=O) groups is 1. The minimum absolute atomic E-state index is 0.000778. The van der Waals surface area contributed by atoms with Crippen molar-refractivity contribution in [2.45, 2.75) is 70.7 Å². The second kappa shape index (κ2) is 13.0. The van der Waals surface area contributed by atoms with Crippen molar-refractivity contribution in [1.29, 1.82) is 0 Å². The molecule has 0 radical (unpaired) electrons. The molecular weight excluding hydrogens is 403 g/mol. The molecule has 1 aliphatic heterocycles. The van der Waals surface area contributed by atoms with Crippen molar-refractivity contribution in [3.05, 3.63) is 71.0 Å². The fraction of sp³-hybridized carbons (Fsp3) is 0.444. The third-order valence-corrected chi connectivity index (χ3v) is 5.61. The van der Waals surface area contributed by atoms with E-state index in [9.17, 15) is 9.18 Å². The number of halogens is 1. The van der Waals surface area contributed by atoms with Gasteiger partial charge in [-0.15, -0.1) is 0 Å². The first-order valence-corrected chi connectivity index (χ1v) is 11.6. The molecule has 32 heavy (non-hydrogen) atoms. The van der Waals surface area contributed by atoms with E-state index in [0.717, 1.165) is 23.1 Å². The van der Waals surface area contributed by atoms with E-state index in [-0.39, 0.29) is 23.9 Å². The van der Waals surface area contributed by atoms with E-state index in [0.29, 0.717) is 26.1 Å². The zero-order valence-electron chi connectivity index (χ0n) is 18.8. The molecule has 0 bridgehead atoms. The highest BCUT2D eigenvalue weighted by Gasteiger charge is 2.29. The van der Waals surface area contributed by atoms with Gasteiger partial charge in [-0.1, -0.05) is 62.3 Å². The maximum absolute atomic E-state index is 13.0. The maximum Gasteiger partial charge on any atom is 0.237 e. The van der Waals surface area contributed by atoms with Gasteiger partial charge in [-0.05, 0) is 48.2 Å². The van der Waals surface area contributed by atoms with Crippen LogP contribution < -0.4 is 10.6 Å². The largest absolute Gasteiger partial charge is 0.372 e. The normalized spacial score (nSPS) is 17.6. The van der Waals surface area contributed by atoms with Crippen molar-refractivity contribution < 1.29 is 13.9 Å². The summed E-state index contributed by atoms with van der Waals surface area (Å²) in [4.78, 5) is 12.4. The van der Waals surface area contributed by atoms with Crippen LogP contribution in [0.2, 0.25) is 0 Å². The number of ether oxygens (including phenoxy) is 1. The second-order valence-corrected chi connectivity index (χ2v) is 8.28. The number of nitrogens with one attached hydrogen (secondary N) is 2. The summed E-state index contributed by atoms with van der Waals surface area (Å²) in [6, 6.07) is 14.1. The van der Waals surface area contributed by atoms with E-state index in [4.69, 9.17) is 4.74 Å². The molecule has 0 aromatic heterocycles. The van der Waals surface area contributed by atoms with Crippen LogP contribution in [0, 0.1) is 17.7 Å². The highest BCUT2D eigenvalue weighted by atomic mass is 19.1. The number of carbonyl (C=O) groups excluding carboxylic acids is 1. The molecule has 1 aliphatic rings. The molecule has 1 amide bonds. The first kappa shape index (κ1) is 24.0. The summed E-state index contributed by atoms with van der Waals surface area (Å²) in [5.74, 6) is 6.14. The minimum Gasteiger partial charge on any atom is -0.372 e. The van der Waals surface area contributed by atoms with E-state index < -0.39 is 0 Å². The van der Waals surface area contributed by atoms with Crippen LogP contribution in [-0.2, 0) is 22.7 Å². The van der Waals surface area contributed by atoms with Gasteiger partial charge < -0.3 is 15.4 Å². The predicted octanol–water partition coefficient (Wildman–Crippen LogP) is 4.71. The molecule has 0 saturated carbocycles. The Morgan fingerprint density at radius 3 is 2.59 bits per heavy atom. The highest BCUT2D eigenvalue weighted by molar-refractivity contribution is 5.82. The molecule has 1 fully saturated rings. The second-order valence-electron chi connectivity index (χ2n) is 8.28. The molecule has 2 N–H and O–H groups in total. The van der Waals surface area contributed by atoms with Crippen molar-refractivity contribution in [1.82, 2.24) is 10.6 Å². The Kier molecular flexibility index (Phi) is 9.74. The van der Waals surface area contributed by atoms with Crippen molar-refractivity contribution in [2.75, 3.05) is 6.54 Å². The Bertz CT molecular complexity index is 900. The summed E-state index contributed by atoms with van der Waals surface area (Å²) in [5.41, 5.74) is 3.00. The van der Waals surface area contributed by atoms with Gasteiger partial charge in [-0.25, -0.2) is 4.39 Å². The molecule has 2 atom stereocenters. The van der Waals surface area contributed by atoms with E-state index in [2.05, 4.69) is 41.5 Å². The topological polar surface area (TPSA) is 50.4 Å². The molecular formula is C27H33FN2O2. The Morgan fingerprint density at radius 2 is 1.84 bits per heavy atom. The predicted molar refractivity (Wildman–Crippen MR) is 125 cm³/mol. The fourth-order valence-electron chi connectivity index (χ4n) is 3.65. The molecule has 0 unspecified atom stereocenters. The van der Waals surface area contributed by atoms with Crippen LogP contribution in [0.3, 0.4) is 0 Å². The average Bonchev–Trinajstić information content (AvgIpc) is 3.29. The quantitative estimate of drug-likeness (QED) is 0.419. The number of rotatable bonds is 10. The van der Waals surface area contributed by atoms with Crippen molar-refractivity contribution >= 4 is 5.91 Å². The van der Waals surface area contributed by atoms with Gasteiger partial charge in [0.05, 0.1) is 18.8 Å². The lowest BCUT2D eigenvalue weighted by molar-refractivity contribution is -0.123. The highest BCUT2D eigenvalue weighted by Crippen LogP contribution is 2.14. The summed E-state index contributed by atoms with van der Waals surface area (Å²) >= 11 is 0. The molecule has 1 saturated heterocycles. The van der Waals surface area contributed by atoms with E-state index in [1.165, 1.54) is 37.8 Å². The Hall–Kier alpha value is -2.68. The summed E-state index contributed by atoms with van der Waals surface area (Å²) in [5, 5.41) is 6.12. The zero-order valence-corrected chi connectivity index (χ0v) is 18.8. The van der Waals surface area contributed by atoms with Crippen LogP contribution in [0.5, 0.6) is 0 Å². The SMILES string of the molecule is CCCCCCC#Cc1ccc(CO[C@H]2CN[C@H](C(=O)NCc3ccc(F)cc3)C2)cc1. The van der Waals surface area contributed by atoms with Gasteiger partial charge in [0.2, 0.25) is 5.91 Å². The van der Waals surface area contributed by atoms with Crippen LogP contribution in [-0.4, -0.2) is 24.6 Å². The molecule has 170 valence electrons. The molecule has 0 aliphatic carbocycles. The molecule has 3 rings (SSSR count). The van der Waals surface area contributed by atoms with Crippen molar-refractivity contribution in [2.24, 2.45) is 0 Å². The molecule has 1 heterocycles. The van der Waals surface area contributed by atoms with Gasteiger partial charge in [-0.2, -0.15) is 0 Å². The van der Waals surface area contributed by atoms with E-state index in [1.807, 2.05) is 12.1 Å². The van der Waals surface area contributed by atoms with Crippen molar-refractivity contribution in [3.8, 4) is 11.8 Å². The zero-order chi connectivity index (χ0) is 22.6. The van der Waals surface area contributed by atoms with Gasteiger partial charge >= 0.3 is 0 Å². The third-order valence-electron chi connectivity index (χ3n) is 5.61. The molecule has 4 nitrogen and oxygen atoms in total. The van der Waals surface area contributed by atoms with Crippen LogP contribution in [0.1, 0.15) is 62.1 Å². The summed E-state index contributed by atoms with van der Waals surface area (Å²) in [6.07, 6.45) is 6.56. The Balaban J connectivity index is 1.35. The molecule has 2 aromatic rings. The third kappa shape index (κ3) is 8.11. The minimum atomic E-state index is -0.280. The van der Waals surface area contributed by atoms with Gasteiger partial charge in [0.25, 0.3) is 0 Å². The number of amides is 1. The number of hydrogen-bond acceptors (Lipinski definition) is 3. The standard InChI is InChI=1S/C27H33FN2O2/c1-2-3-4-5-6-7-8-21-9-11-23(12-10-21)20-32-25-17-26(29-19-25)27(31)30-18-22-13-15-24(28)16-14-22/h9-16,25-26,29H,2-6,17-20H2,1H3,(H,30,31)/t25-,26+/m1/s1. The van der Waals surface area contributed by atoms with E-state index >= 15 is 0 Å². The monoisotopic (exact) mass is 436 g/mol. The lowest BCUT2D eigenvalue weighted by Gasteiger charge is -2.12. The van der Waals surface area contributed by atoms with Crippen LogP contribution in [0.15, 0.2) is 48.5 Å². The Morgan fingerprint density at radius 1 is 1.09 bits per heavy atom. The summed E-state index contributed by atoms with van der Waals surface area (Å²) in [7, 11) is 0. The van der Waals surface area contributed by atoms with Gasteiger partial charge in [0, 0.05) is 25.1 Å². The molecule has 5 heteroatoms. The maximum atomic E-state index is 13.0.